The van der Waals surface area contributed by atoms with Gasteiger partial charge in [0.05, 0.1) is 13.2 Å². The number of phenols is 1. The third-order valence-electron chi connectivity index (χ3n) is 7.48. The number of likely N-dealkylation sites (tertiary alicyclic amines) is 1. The first kappa shape index (κ1) is 25.9. The summed E-state index contributed by atoms with van der Waals surface area (Å²) in [6.07, 6.45) is 3.34. The Morgan fingerprint density at radius 1 is 1.11 bits per heavy atom. The van der Waals surface area contributed by atoms with Crippen molar-refractivity contribution in [3.63, 3.8) is 0 Å². The van der Waals surface area contributed by atoms with Crippen LogP contribution in [0.5, 0.6) is 5.75 Å². The molecular formula is C29H37N3O4. The van der Waals surface area contributed by atoms with Gasteiger partial charge < -0.3 is 14.7 Å². The van der Waals surface area contributed by atoms with Crippen LogP contribution in [0.2, 0.25) is 0 Å². The molecule has 2 heterocycles. The van der Waals surface area contributed by atoms with Crippen molar-refractivity contribution in [1.29, 1.82) is 0 Å². The Balaban J connectivity index is 1.69. The highest BCUT2D eigenvalue weighted by Crippen LogP contribution is 2.35. The van der Waals surface area contributed by atoms with Crippen molar-refractivity contribution in [3.05, 3.63) is 77.9 Å². The number of methoxy groups -OCH3 is 1. The number of aromatic hydroxyl groups is 1. The molecule has 2 fully saturated rings. The topological polar surface area (TPSA) is 73.3 Å². The number of rotatable bonds is 7. The van der Waals surface area contributed by atoms with Crippen molar-refractivity contribution < 1.29 is 19.4 Å². The van der Waals surface area contributed by atoms with E-state index in [1.54, 1.807) is 17.0 Å². The molecule has 0 bridgehead atoms. The lowest BCUT2D eigenvalue weighted by atomic mass is 9.92. The van der Waals surface area contributed by atoms with Gasteiger partial charge in [0.1, 0.15) is 11.8 Å². The zero-order valence-electron chi connectivity index (χ0n) is 21.5. The molecule has 1 unspecified atom stereocenters. The number of phenolic OH excluding ortho intramolecular Hbond substituents is 1. The third kappa shape index (κ3) is 5.32. The molecule has 7 heteroatoms. The molecule has 36 heavy (non-hydrogen) atoms. The fourth-order valence-electron chi connectivity index (χ4n) is 5.67. The van der Waals surface area contributed by atoms with Crippen molar-refractivity contribution in [3.8, 4) is 5.75 Å². The van der Waals surface area contributed by atoms with Crippen LogP contribution in [-0.4, -0.2) is 83.1 Å². The number of piperazine rings is 1. The van der Waals surface area contributed by atoms with E-state index in [2.05, 4.69) is 30.2 Å². The Bertz CT molecular complexity index is 1100. The second-order valence-corrected chi connectivity index (χ2v) is 9.94. The lowest BCUT2D eigenvalue weighted by Crippen LogP contribution is -2.57. The molecule has 0 aromatic heterocycles. The molecule has 2 aromatic rings. The van der Waals surface area contributed by atoms with Gasteiger partial charge in [-0.2, -0.15) is 0 Å². The fraction of sp³-hybridized carbons (Fsp3) is 0.448. The summed E-state index contributed by atoms with van der Waals surface area (Å²) < 4.78 is 4.94. The standard InChI is InChI=1S/C29H37N3O4/c1-5-14-30-18-21(3)32(19-20(30)2)27(23-10-7-12-25(33)17-23)22-9-6-11-24(16-22)28(34)31-15-8-13-26(31)29(35)36-4/h5-7,9-12,16-17,20-21,26-27,33H,1,8,13-15,18-19H2,2-4H3/t20-,21+,26+,27?/m1/s1. The largest absolute Gasteiger partial charge is 0.508 e. The number of benzene rings is 2. The van der Waals surface area contributed by atoms with Gasteiger partial charge in [0.2, 0.25) is 0 Å². The minimum Gasteiger partial charge on any atom is -0.508 e. The lowest BCUT2D eigenvalue weighted by Gasteiger charge is -2.47. The van der Waals surface area contributed by atoms with Gasteiger partial charge in [0.15, 0.2) is 0 Å². The van der Waals surface area contributed by atoms with Gasteiger partial charge in [0, 0.05) is 43.8 Å². The predicted molar refractivity (Wildman–Crippen MR) is 140 cm³/mol. The molecule has 4 atom stereocenters. The molecule has 2 aliphatic rings. The molecule has 2 aliphatic heterocycles. The highest BCUT2D eigenvalue weighted by atomic mass is 16.5. The molecule has 2 saturated heterocycles. The molecule has 2 aromatic carbocycles. The van der Waals surface area contributed by atoms with E-state index in [1.807, 2.05) is 42.5 Å². The zero-order valence-corrected chi connectivity index (χ0v) is 21.5. The molecular weight excluding hydrogens is 454 g/mol. The number of hydrogen-bond donors (Lipinski definition) is 1. The normalized spacial score (nSPS) is 23.9. The SMILES string of the molecule is C=CCN1C[C@H](C)N(C(c2cccc(O)c2)c2cccc(C(=O)N3CCC[C@H]3C(=O)OC)c2)C[C@H]1C. The first-order valence-corrected chi connectivity index (χ1v) is 12.7. The van der Waals surface area contributed by atoms with Crippen LogP contribution in [0, 0.1) is 0 Å². The highest BCUT2D eigenvalue weighted by molar-refractivity contribution is 5.97. The van der Waals surface area contributed by atoms with E-state index >= 15 is 0 Å². The number of carbonyl (C=O) groups is 2. The van der Waals surface area contributed by atoms with Gasteiger partial charge in [-0.3, -0.25) is 14.6 Å². The number of ether oxygens (including phenoxy) is 1. The monoisotopic (exact) mass is 491 g/mol. The van der Waals surface area contributed by atoms with E-state index in [4.69, 9.17) is 4.74 Å². The summed E-state index contributed by atoms with van der Waals surface area (Å²) in [6.45, 7) is 11.5. The first-order chi connectivity index (χ1) is 17.3. The maximum absolute atomic E-state index is 13.5. The van der Waals surface area contributed by atoms with Crippen LogP contribution < -0.4 is 0 Å². The second kappa shape index (κ2) is 11.3. The molecule has 1 amide bonds. The third-order valence-corrected chi connectivity index (χ3v) is 7.48. The van der Waals surface area contributed by atoms with Crippen molar-refractivity contribution in [2.24, 2.45) is 0 Å². The second-order valence-electron chi connectivity index (χ2n) is 9.94. The van der Waals surface area contributed by atoms with Crippen molar-refractivity contribution in [2.45, 2.75) is 50.9 Å². The van der Waals surface area contributed by atoms with Gasteiger partial charge >= 0.3 is 5.97 Å². The summed E-state index contributed by atoms with van der Waals surface area (Å²) in [5.41, 5.74) is 2.51. The van der Waals surface area contributed by atoms with Crippen molar-refractivity contribution in [1.82, 2.24) is 14.7 Å². The van der Waals surface area contributed by atoms with Gasteiger partial charge in [-0.05, 0) is 62.1 Å². The van der Waals surface area contributed by atoms with E-state index in [0.29, 0.717) is 24.6 Å². The van der Waals surface area contributed by atoms with Crippen LogP contribution >= 0.6 is 0 Å². The van der Waals surface area contributed by atoms with E-state index in [0.717, 1.165) is 37.2 Å². The Morgan fingerprint density at radius 2 is 1.83 bits per heavy atom. The fourth-order valence-corrected chi connectivity index (χ4v) is 5.67. The zero-order chi connectivity index (χ0) is 25.8. The predicted octanol–water partition coefficient (Wildman–Crippen LogP) is 3.84. The summed E-state index contributed by atoms with van der Waals surface area (Å²) in [5.74, 6) is -0.305. The quantitative estimate of drug-likeness (QED) is 0.469. The Labute approximate surface area is 214 Å². The summed E-state index contributed by atoms with van der Waals surface area (Å²) >= 11 is 0. The maximum atomic E-state index is 13.5. The maximum Gasteiger partial charge on any atom is 0.328 e. The van der Waals surface area contributed by atoms with Gasteiger partial charge in [0.25, 0.3) is 5.91 Å². The van der Waals surface area contributed by atoms with Crippen molar-refractivity contribution >= 4 is 11.9 Å². The smallest absolute Gasteiger partial charge is 0.328 e. The molecule has 192 valence electrons. The summed E-state index contributed by atoms with van der Waals surface area (Å²) in [4.78, 5) is 32.3. The molecule has 7 nitrogen and oxygen atoms in total. The molecule has 0 spiro atoms. The van der Waals surface area contributed by atoms with Crippen LogP contribution in [-0.2, 0) is 9.53 Å². The Morgan fingerprint density at radius 3 is 2.53 bits per heavy atom. The van der Waals surface area contributed by atoms with Crippen LogP contribution in [0.1, 0.15) is 54.2 Å². The van der Waals surface area contributed by atoms with Gasteiger partial charge in [-0.1, -0.05) is 30.3 Å². The Hall–Kier alpha value is -3.16. The average molecular weight is 492 g/mol. The first-order valence-electron chi connectivity index (χ1n) is 12.7. The summed E-state index contributed by atoms with van der Waals surface area (Å²) in [7, 11) is 1.36. The summed E-state index contributed by atoms with van der Waals surface area (Å²) in [6, 6.07) is 15.0. The Kier molecular flexibility index (Phi) is 8.11. The van der Waals surface area contributed by atoms with E-state index in [9.17, 15) is 14.7 Å². The number of carbonyl (C=O) groups excluding carboxylic acids is 2. The van der Waals surface area contributed by atoms with Crippen molar-refractivity contribution in [2.75, 3.05) is 33.3 Å². The average Bonchev–Trinajstić information content (AvgIpc) is 3.36. The van der Waals surface area contributed by atoms with Gasteiger partial charge in [-0.15, -0.1) is 6.58 Å². The highest BCUT2D eigenvalue weighted by Gasteiger charge is 2.37. The molecule has 0 saturated carbocycles. The van der Waals surface area contributed by atoms with E-state index in [1.165, 1.54) is 7.11 Å². The van der Waals surface area contributed by atoms with E-state index < -0.39 is 6.04 Å². The summed E-state index contributed by atoms with van der Waals surface area (Å²) in [5, 5.41) is 10.3. The van der Waals surface area contributed by atoms with E-state index in [-0.39, 0.29) is 29.7 Å². The lowest BCUT2D eigenvalue weighted by molar-refractivity contribution is -0.145. The van der Waals surface area contributed by atoms with Crippen LogP contribution in [0.3, 0.4) is 0 Å². The van der Waals surface area contributed by atoms with Crippen LogP contribution in [0.15, 0.2) is 61.2 Å². The van der Waals surface area contributed by atoms with Crippen LogP contribution in [0.4, 0.5) is 0 Å². The molecule has 0 aliphatic carbocycles. The number of hydrogen-bond acceptors (Lipinski definition) is 6. The van der Waals surface area contributed by atoms with Crippen LogP contribution in [0.25, 0.3) is 0 Å². The number of nitrogens with zero attached hydrogens (tertiary/aromatic N) is 3. The minimum absolute atomic E-state index is 0.136. The molecule has 1 N–H and O–H groups in total. The molecule has 4 rings (SSSR count). The number of esters is 1. The van der Waals surface area contributed by atoms with Gasteiger partial charge in [-0.25, -0.2) is 4.79 Å². The minimum atomic E-state index is -0.535. The molecule has 0 radical (unpaired) electrons. The number of amides is 1.